The van der Waals surface area contributed by atoms with Crippen LogP contribution in [-0.4, -0.2) is 17.3 Å². The number of carboxylic acids is 1. The van der Waals surface area contributed by atoms with Gasteiger partial charge in [-0.3, -0.25) is 0 Å². The van der Waals surface area contributed by atoms with Crippen molar-refractivity contribution in [1.29, 1.82) is 0 Å². The van der Waals surface area contributed by atoms with E-state index in [0.717, 1.165) is 10.5 Å². The molecule has 2 aromatic rings. The van der Waals surface area contributed by atoms with Crippen LogP contribution in [0.25, 0.3) is 0 Å². The van der Waals surface area contributed by atoms with E-state index in [-0.39, 0.29) is 5.56 Å². The van der Waals surface area contributed by atoms with Gasteiger partial charge in [-0.15, -0.1) is 11.8 Å². The third-order valence-corrected chi connectivity index (χ3v) is 3.47. The molecule has 0 saturated carbocycles. The Morgan fingerprint density at radius 2 is 1.84 bits per heavy atom. The van der Waals surface area contributed by atoms with Gasteiger partial charge in [-0.1, -0.05) is 6.07 Å². The summed E-state index contributed by atoms with van der Waals surface area (Å²) in [5.41, 5.74) is 1.13. The van der Waals surface area contributed by atoms with E-state index < -0.39 is 5.97 Å². The van der Waals surface area contributed by atoms with Crippen molar-refractivity contribution >= 4 is 17.7 Å². The number of aromatic carboxylic acids is 1. The van der Waals surface area contributed by atoms with Crippen molar-refractivity contribution in [3.05, 3.63) is 53.6 Å². The molecule has 4 heteroatoms. The molecule has 0 aliphatic rings. The van der Waals surface area contributed by atoms with Gasteiger partial charge in [-0.25, -0.2) is 4.79 Å². The first kappa shape index (κ1) is 13.5. The van der Waals surface area contributed by atoms with E-state index in [1.807, 2.05) is 37.4 Å². The maximum absolute atomic E-state index is 10.9. The molecular weight excluding hydrogens is 260 g/mol. The van der Waals surface area contributed by atoms with Gasteiger partial charge in [0.25, 0.3) is 0 Å². The van der Waals surface area contributed by atoms with Crippen molar-refractivity contribution in [1.82, 2.24) is 0 Å². The third kappa shape index (κ3) is 3.29. The summed E-state index contributed by atoms with van der Waals surface area (Å²) in [4.78, 5) is 12.1. The highest BCUT2D eigenvalue weighted by Crippen LogP contribution is 2.27. The number of benzene rings is 2. The molecule has 0 atom stereocenters. The van der Waals surface area contributed by atoms with E-state index >= 15 is 0 Å². The van der Waals surface area contributed by atoms with Crippen molar-refractivity contribution in [2.45, 2.75) is 11.8 Å². The Balaban J connectivity index is 2.26. The van der Waals surface area contributed by atoms with E-state index in [4.69, 9.17) is 9.84 Å². The maximum atomic E-state index is 10.9. The summed E-state index contributed by atoms with van der Waals surface area (Å²) in [6.45, 7) is 1.89. The zero-order chi connectivity index (χ0) is 13.8. The highest BCUT2D eigenvalue weighted by molar-refractivity contribution is 7.98. The lowest BCUT2D eigenvalue weighted by Gasteiger charge is -2.09. The van der Waals surface area contributed by atoms with Crippen LogP contribution < -0.4 is 4.74 Å². The fourth-order valence-electron chi connectivity index (χ4n) is 1.61. The zero-order valence-corrected chi connectivity index (χ0v) is 11.5. The average Bonchev–Trinajstić information content (AvgIpc) is 2.42. The largest absolute Gasteiger partial charge is 0.478 e. The van der Waals surface area contributed by atoms with E-state index in [9.17, 15) is 4.79 Å². The van der Waals surface area contributed by atoms with Crippen molar-refractivity contribution in [3.63, 3.8) is 0 Å². The van der Waals surface area contributed by atoms with Crippen LogP contribution in [0.2, 0.25) is 0 Å². The van der Waals surface area contributed by atoms with E-state index in [0.29, 0.717) is 11.5 Å². The molecule has 0 unspecified atom stereocenters. The van der Waals surface area contributed by atoms with Gasteiger partial charge in [0.1, 0.15) is 11.5 Å². The standard InChI is InChI=1S/C15H14O3S/c1-10-3-4-11(15(16)17)9-14(10)18-12-5-7-13(19-2)8-6-12/h3-9H,1-2H3,(H,16,17). The number of aryl methyl sites for hydroxylation is 1. The van der Waals surface area contributed by atoms with Crippen LogP contribution in [0.4, 0.5) is 0 Å². The van der Waals surface area contributed by atoms with Gasteiger partial charge in [0, 0.05) is 4.90 Å². The number of rotatable bonds is 4. The van der Waals surface area contributed by atoms with Gasteiger partial charge < -0.3 is 9.84 Å². The van der Waals surface area contributed by atoms with Crippen molar-refractivity contribution in [3.8, 4) is 11.5 Å². The molecular formula is C15H14O3S. The molecule has 0 radical (unpaired) electrons. The number of carbonyl (C=O) groups is 1. The Morgan fingerprint density at radius 3 is 2.42 bits per heavy atom. The summed E-state index contributed by atoms with van der Waals surface area (Å²) in [5, 5.41) is 8.98. The molecule has 1 N–H and O–H groups in total. The molecule has 0 amide bonds. The van der Waals surface area contributed by atoms with Gasteiger partial charge in [0.2, 0.25) is 0 Å². The van der Waals surface area contributed by atoms with Crippen molar-refractivity contribution in [2.24, 2.45) is 0 Å². The first-order valence-corrected chi connectivity index (χ1v) is 6.98. The Labute approximate surface area is 116 Å². The molecule has 0 aliphatic heterocycles. The van der Waals surface area contributed by atoms with Gasteiger partial charge in [-0.05, 0) is 55.1 Å². The van der Waals surface area contributed by atoms with Gasteiger partial charge in [-0.2, -0.15) is 0 Å². The molecule has 2 rings (SSSR count). The number of carboxylic acid groups (broad SMARTS) is 1. The summed E-state index contributed by atoms with van der Waals surface area (Å²) in [6.07, 6.45) is 2.01. The molecule has 0 fully saturated rings. The average molecular weight is 274 g/mol. The molecule has 19 heavy (non-hydrogen) atoms. The van der Waals surface area contributed by atoms with E-state index in [1.165, 1.54) is 0 Å². The summed E-state index contributed by atoms with van der Waals surface area (Å²) in [5.74, 6) is 0.308. The molecule has 2 aromatic carbocycles. The molecule has 0 bridgehead atoms. The highest BCUT2D eigenvalue weighted by Gasteiger charge is 2.08. The number of ether oxygens (including phenoxy) is 1. The maximum Gasteiger partial charge on any atom is 0.335 e. The van der Waals surface area contributed by atoms with Crippen LogP contribution in [0.3, 0.4) is 0 Å². The molecule has 0 spiro atoms. The Hall–Kier alpha value is -1.94. The summed E-state index contributed by atoms with van der Waals surface area (Å²) in [6, 6.07) is 12.5. The van der Waals surface area contributed by atoms with Crippen LogP contribution in [0.15, 0.2) is 47.4 Å². The SMILES string of the molecule is CSc1ccc(Oc2cc(C(=O)O)ccc2C)cc1. The Kier molecular flexibility index (Phi) is 4.12. The minimum atomic E-state index is -0.956. The second-order valence-electron chi connectivity index (χ2n) is 4.06. The van der Waals surface area contributed by atoms with Gasteiger partial charge in [0.05, 0.1) is 5.56 Å². The quantitative estimate of drug-likeness (QED) is 0.848. The van der Waals surface area contributed by atoms with Crippen LogP contribution in [-0.2, 0) is 0 Å². The van der Waals surface area contributed by atoms with Crippen LogP contribution in [0.5, 0.6) is 11.5 Å². The lowest BCUT2D eigenvalue weighted by molar-refractivity contribution is 0.0696. The lowest BCUT2D eigenvalue weighted by Crippen LogP contribution is -1.97. The third-order valence-electron chi connectivity index (χ3n) is 2.72. The smallest absolute Gasteiger partial charge is 0.335 e. The van der Waals surface area contributed by atoms with Gasteiger partial charge >= 0.3 is 5.97 Å². The fraction of sp³-hybridized carbons (Fsp3) is 0.133. The number of hydrogen-bond donors (Lipinski definition) is 1. The zero-order valence-electron chi connectivity index (χ0n) is 10.7. The summed E-state index contributed by atoms with van der Waals surface area (Å²) in [7, 11) is 0. The Bertz CT molecular complexity index is 591. The topological polar surface area (TPSA) is 46.5 Å². The number of thioether (sulfide) groups is 1. The first-order valence-electron chi connectivity index (χ1n) is 5.76. The summed E-state index contributed by atoms with van der Waals surface area (Å²) < 4.78 is 5.73. The molecule has 0 aliphatic carbocycles. The van der Waals surface area contributed by atoms with Crippen LogP contribution >= 0.6 is 11.8 Å². The number of hydrogen-bond acceptors (Lipinski definition) is 3. The van der Waals surface area contributed by atoms with Gasteiger partial charge in [0.15, 0.2) is 0 Å². The summed E-state index contributed by atoms with van der Waals surface area (Å²) >= 11 is 1.66. The predicted octanol–water partition coefficient (Wildman–Crippen LogP) is 4.21. The molecule has 0 heterocycles. The Morgan fingerprint density at radius 1 is 1.16 bits per heavy atom. The predicted molar refractivity (Wildman–Crippen MR) is 76.4 cm³/mol. The second kappa shape index (κ2) is 5.80. The molecule has 3 nitrogen and oxygen atoms in total. The second-order valence-corrected chi connectivity index (χ2v) is 4.94. The van der Waals surface area contributed by atoms with Crippen LogP contribution in [0, 0.1) is 6.92 Å². The molecule has 98 valence electrons. The monoisotopic (exact) mass is 274 g/mol. The normalized spacial score (nSPS) is 10.2. The lowest BCUT2D eigenvalue weighted by atomic mass is 10.1. The van der Waals surface area contributed by atoms with E-state index in [1.54, 1.807) is 30.0 Å². The fourth-order valence-corrected chi connectivity index (χ4v) is 2.02. The van der Waals surface area contributed by atoms with E-state index in [2.05, 4.69) is 0 Å². The molecule has 0 aromatic heterocycles. The van der Waals surface area contributed by atoms with Crippen molar-refractivity contribution in [2.75, 3.05) is 6.26 Å². The van der Waals surface area contributed by atoms with Crippen molar-refractivity contribution < 1.29 is 14.6 Å². The minimum Gasteiger partial charge on any atom is -0.478 e. The highest BCUT2D eigenvalue weighted by atomic mass is 32.2. The molecule has 0 saturated heterocycles. The van der Waals surface area contributed by atoms with Crippen LogP contribution in [0.1, 0.15) is 15.9 Å². The minimum absolute atomic E-state index is 0.223. The first-order chi connectivity index (χ1) is 9.10.